The highest BCUT2D eigenvalue weighted by molar-refractivity contribution is 8.18. The molecular weight excluding hydrogens is 394 g/mol. The van der Waals surface area contributed by atoms with E-state index in [-0.39, 0.29) is 5.91 Å². The van der Waals surface area contributed by atoms with Gasteiger partial charge in [-0.3, -0.25) is 4.79 Å². The third kappa shape index (κ3) is 4.41. The fraction of sp³-hybridized carbons (Fsp3) is 0.238. The molecule has 0 saturated carbocycles. The van der Waals surface area contributed by atoms with Gasteiger partial charge in [0, 0.05) is 23.8 Å². The van der Waals surface area contributed by atoms with Gasteiger partial charge in [0.2, 0.25) is 0 Å². The molecule has 0 radical (unpaired) electrons. The SMILES string of the molecule is Cc1cc(N2CCOCC2)ccc1/C=C1\SC(=Nc2ccc(Cl)cc2)NC1=O. The third-order valence-corrected chi connectivity index (χ3v) is 5.79. The van der Waals surface area contributed by atoms with Crippen LogP contribution in [0.25, 0.3) is 6.08 Å². The Morgan fingerprint density at radius 2 is 1.93 bits per heavy atom. The second kappa shape index (κ2) is 8.39. The zero-order valence-corrected chi connectivity index (χ0v) is 17.0. The summed E-state index contributed by atoms with van der Waals surface area (Å²) in [6.07, 6.45) is 1.92. The van der Waals surface area contributed by atoms with E-state index in [9.17, 15) is 4.79 Å². The molecule has 2 aromatic carbocycles. The topological polar surface area (TPSA) is 53.9 Å². The molecule has 2 aliphatic rings. The summed E-state index contributed by atoms with van der Waals surface area (Å²) >= 11 is 7.24. The van der Waals surface area contributed by atoms with Crippen molar-refractivity contribution in [1.82, 2.24) is 5.32 Å². The van der Waals surface area contributed by atoms with Crippen LogP contribution in [-0.2, 0) is 9.53 Å². The Morgan fingerprint density at radius 3 is 2.64 bits per heavy atom. The summed E-state index contributed by atoms with van der Waals surface area (Å²) < 4.78 is 5.42. The maximum atomic E-state index is 12.3. The van der Waals surface area contributed by atoms with Crippen molar-refractivity contribution in [2.45, 2.75) is 6.92 Å². The van der Waals surface area contributed by atoms with Crippen molar-refractivity contribution in [3.8, 4) is 0 Å². The van der Waals surface area contributed by atoms with Crippen molar-refractivity contribution in [2.75, 3.05) is 31.2 Å². The van der Waals surface area contributed by atoms with Gasteiger partial charge in [-0.25, -0.2) is 4.99 Å². The summed E-state index contributed by atoms with van der Waals surface area (Å²) in [4.78, 5) is 19.8. The average Bonchev–Trinajstić information content (AvgIpc) is 3.05. The molecule has 2 aliphatic heterocycles. The molecule has 2 heterocycles. The number of amides is 1. The van der Waals surface area contributed by atoms with E-state index in [4.69, 9.17) is 16.3 Å². The average molecular weight is 414 g/mol. The summed E-state index contributed by atoms with van der Waals surface area (Å²) in [5, 5.41) is 4.05. The van der Waals surface area contributed by atoms with Crippen molar-refractivity contribution < 1.29 is 9.53 Å². The van der Waals surface area contributed by atoms with E-state index >= 15 is 0 Å². The molecule has 0 aromatic heterocycles. The number of carbonyl (C=O) groups is 1. The first-order valence-corrected chi connectivity index (χ1v) is 10.3. The minimum atomic E-state index is -0.130. The lowest BCUT2D eigenvalue weighted by Gasteiger charge is -2.29. The highest BCUT2D eigenvalue weighted by Crippen LogP contribution is 2.30. The number of morpholine rings is 1. The molecule has 0 atom stereocenters. The van der Waals surface area contributed by atoms with E-state index in [0.717, 1.165) is 43.1 Å². The quantitative estimate of drug-likeness (QED) is 0.759. The molecule has 5 nitrogen and oxygen atoms in total. The number of thioether (sulfide) groups is 1. The maximum absolute atomic E-state index is 12.3. The Morgan fingerprint density at radius 1 is 1.18 bits per heavy atom. The number of nitrogens with zero attached hydrogens (tertiary/aromatic N) is 2. The molecule has 0 bridgehead atoms. The predicted octanol–water partition coefficient (Wildman–Crippen LogP) is 4.38. The maximum Gasteiger partial charge on any atom is 0.264 e. The van der Waals surface area contributed by atoms with E-state index < -0.39 is 0 Å². The lowest BCUT2D eigenvalue weighted by molar-refractivity contribution is -0.115. The summed E-state index contributed by atoms with van der Waals surface area (Å²) in [7, 11) is 0. The van der Waals surface area contributed by atoms with Crippen molar-refractivity contribution in [3.05, 3.63) is 63.5 Å². The minimum Gasteiger partial charge on any atom is -0.378 e. The molecule has 0 spiro atoms. The number of anilines is 1. The van der Waals surface area contributed by atoms with Gasteiger partial charge in [0.15, 0.2) is 5.17 Å². The number of hydrogen-bond donors (Lipinski definition) is 1. The number of halogens is 1. The molecule has 4 rings (SSSR count). The largest absolute Gasteiger partial charge is 0.378 e. The van der Waals surface area contributed by atoms with Gasteiger partial charge in [-0.1, -0.05) is 17.7 Å². The van der Waals surface area contributed by atoms with Gasteiger partial charge in [-0.15, -0.1) is 0 Å². The van der Waals surface area contributed by atoms with Crippen LogP contribution in [0.1, 0.15) is 11.1 Å². The Balaban J connectivity index is 1.52. The van der Waals surface area contributed by atoms with Crippen LogP contribution in [0.5, 0.6) is 0 Å². The van der Waals surface area contributed by atoms with Gasteiger partial charge in [-0.2, -0.15) is 0 Å². The normalized spacial score (nSPS) is 20.1. The van der Waals surface area contributed by atoms with Crippen LogP contribution in [0.2, 0.25) is 5.02 Å². The van der Waals surface area contributed by atoms with Crippen molar-refractivity contribution in [2.24, 2.45) is 4.99 Å². The first kappa shape index (κ1) is 19.1. The van der Waals surface area contributed by atoms with Crippen LogP contribution in [0.3, 0.4) is 0 Å². The summed E-state index contributed by atoms with van der Waals surface area (Å²) in [5.74, 6) is -0.130. The van der Waals surface area contributed by atoms with Gasteiger partial charge in [0.1, 0.15) is 0 Å². The number of benzene rings is 2. The molecule has 1 N–H and O–H groups in total. The fourth-order valence-electron chi connectivity index (χ4n) is 3.09. The van der Waals surface area contributed by atoms with E-state index in [1.807, 2.05) is 18.2 Å². The van der Waals surface area contributed by atoms with E-state index in [2.05, 4.69) is 40.3 Å². The van der Waals surface area contributed by atoms with Gasteiger partial charge >= 0.3 is 0 Å². The lowest BCUT2D eigenvalue weighted by atomic mass is 10.1. The predicted molar refractivity (Wildman–Crippen MR) is 116 cm³/mol. The molecule has 2 saturated heterocycles. The Labute approximate surface area is 173 Å². The highest BCUT2D eigenvalue weighted by Gasteiger charge is 2.24. The summed E-state index contributed by atoms with van der Waals surface area (Å²) in [6.45, 7) is 5.40. The van der Waals surface area contributed by atoms with Crippen LogP contribution in [0.4, 0.5) is 11.4 Å². The standard InChI is InChI=1S/C21H20ClN3O2S/c1-14-12-18(25-8-10-27-11-9-25)7-2-15(14)13-19-20(26)24-21(28-19)23-17-5-3-16(22)4-6-17/h2-7,12-13H,8-11H2,1H3,(H,23,24,26)/b19-13-. The van der Waals surface area contributed by atoms with Crippen LogP contribution in [-0.4, -0.2) is 37.4 Å². The molecule has 0 aliphatic carbocycles. The number of rotatable bonds is 3. The molecule has 7 heteroatoms. The van der Waals surface area contributed by atoms with Crippen LogP contribution < -0.4 is 10.2 Å². The van der Waals surface area contributed by atoms with Gasteiger partial charge in [0.05, 0.1) is 23.8 Å². The number of carbonyl (C=O) groups excluding carboxylic acids is 1. The van der Waals surface area contributed by atoms with Crippen molar-refractivity contribution in [3.63, 3.8) is 0 Å². The van der Waals surface area contributed by atoms with Gasteiger partial charge in [0.25, 0.3) is 5.91 Å². The molecule has 2 fully saturated rings. The molecule has 2 aromatic rings. The Hall–Kier alpha value is -2.28. The number of aliphatic imine (C=N–C) groups is 1. The first-order chi connectivity index (χ1) is 13.6. The minimum absolute atomic E-state index is 0.130. The van der Waals surface area contributed by atoms with E-state index in [0.29, 0.717) is 15.1 Å². The first-order valence-electron chi connectivity index (χ1n) is 9.07. The monoisotopic (exact) mass is 413 g/mol. The van der Waals surface area contributed by atoms with E-state index in [1.165, 1.54) is 17.4 Å². The lowest BCUT2D eigenvalue weighted by Crippen LogP contribution is -2.36. The van der Waals surface area contributed by atoms with Gasteiger partial charge in [-0.05, 0) is 72.3 Å². The zero-order chi connectivity index (χ0) is 19.5. The van der Waals surface area contributed by atoms with Crippen molar-refractivity contribution >= 4 is 51.9 Å². The molecule has 28 heavy (non-hydrogen) atoms. The zero-order valence-electron chi connectivity index (χ0n) is 15.4. The van der Waals surface area contributed by atoms with E-state index in [1.54, 1.807) is 12.1 Å². The second-order valence-corrected chi connectivity index (χ2v) is 8.07. The van der Waals surface area contributed by atoms with Crippen molar-refractivity contribution in [1.29, 1.82) is 0 Å². The molecular formula is C21H20ClN3O2S. The third-order valence-electron chi connectivity index (χ3n) is 4.62. The second-order valence-electron chi connectivity index (χ2n) is 6.60. The number of hydrogen-bond acceptors (Lipinski definition) is 5. The van der Waals surface area contributed by atoms with Gasteiger partial charge < -0.3 is 15.0 Å². The van der Waals surface area contributed by atoms with Crippen LogP contribution in [0, 0.1) is 6.92 Å². The van der Waals surface area contributed by atoms with Crippen LogP contribution in [0.15, 0.2) is 52.4 Å². The summed E-state index contributed by atoms with van der Waals surface area (Å²) in [6, 6.07) is 13.5. The number of ether oxygens (including phenoxy) is 1. The molecule has 0 unspecified atom stereocenters. The Kier molecular flexibility index (Phi) is 5.71. The smallest absolute Gasteiger partial charge is 0.264 e. The number of nitrogens with one attached hydrogen (secondary N) is 1. The number of amidine groups is 1. The summed E-state index contributed by atoms with van der Waals surface area (Å²) in [5.41, 5.74) is 4.10. The molecule has 1 amide bonds. The van der Waals surface area contributed by atoms with Crippen LogP contribution >= 0.6 is 23.4 Å². The highest BCUT2D eigenvalue weighted by atomic mass is 35.5. The molecule has 144 valence electrons. The number of aryl methyl sites for hydroxylation is 1. The Bertz CT molecular complexity index is 951. The fourth-order valence-corrected chi connectivity index (χ4v) is 4.05.